The number of thioether (sulfide) groups is 1. The Labute approximate surface area is 108 Å². The summed E-state index contributed by atoms with van der Waals surface area (Å²) in [5.74, 6) is 1.95. The Morgan fingerprint density at radius 2 is 2.00 bits per heavy atom. The first-order chi connectivity index (χ1) is 8.10. The van der Waals surface area contributed by atoms with Crippen LogP contribution in [0.15, 0.2) is 0 Å². The predicted molar refractivity (Wildman–Crippen MR) is 71.5 cm³/mol. The summed E-state index contributed by atoms with van der Waals surface area (Å²) in [6.07, 6.45) is 7.68. The summed E-state index contributed by atoms with van der Waals surface area (Å²) in [6.45, 7) is 1.83. The van der Waals surface area contributed by atoms with Crippen LogP contribution in [0, 0.1) is 5.92 Å². The second kappa shape index (κ2) is 5.61. The second-order valence-corrected chi connectivity index (χ2v) is 6.75. The number of carboxylic acid groups (broad SMARTS) is 1. The van der Waals surface area contributed by atoms with Crippen LogP contribution in [0.4, 0.5) is 0 Å². The molecule has 0 bridgehead atoms. The molecule has 0 heterocycles. The minimum absolute atomic E-state index is 0.447. The van der Waals surface area contributed by atoms with Gasteiger partial charge in [0.15, 0.2) is 0 Å². The van der Waals surface area contributed by atoms with E-state index in [9.17, 15) is 9.90 Å². The predicted octanol–water partition coefficient (Wildman–Crippen LogP) is 2.51. The van der Waals surface area contributed by atoms with Crippen molar-refractivity contribution in [1.82, 2.24) is 5.32 Å². The van der Waals surface area contributed by atoms with Gasteiger partial charge in [0.1, 0.15) is 5.54 Å². The molecule has 0 aliphatic heterocycles. The highest BCUT2D eigenvalue weighted by atomic mass is 32.2. The summed E-state index contributed by atoms with van der Waals surface area (Å²) in [4.78, 5) is 11.3. The van der Waals surface area contributed by atoms with E-state index < -0.39 is 11.5 Å². The number of carbonyl (C=O) groups is 1. The van der Waals surface area contributed by atoms with Crippen molar-refractivity contribution in [3.63, 3.8) is 0 Å². The summed E-state index contributed by atoms with van der Waals surface area (Å²) < 4.78 is 0. The molecule has 0 aromatic heterocycles. The number of hydrogen-bond donors (Lipinski definition) is 2. The molecule has 2 rings (SSSR count). The smallest absolute Gasteiger partial charge is 0.324 e. The van der Waals surface area contributed by atoms with E-state index in [0.717, 1.165) is 24.5 Å². The highest BCUT2D eigenvalue weighted by molar-refractivity contribution is 7.99. The molecule has 2 saturated carbocycles. The Balaban J connectivity index is 1.73. The summed E-state index contributed by atoms with van der Waals surface area (Å²) in [5.41, 5.74) is -0.732. The van der Waals surface area contributed by atoms with E-state index in [1.165, 1.54) is 25.7 Å². The molecule has 17 heavy (non-hydrogen) atoms. The van der Waals surface area contributed by atoms with Crippen LogP contribution in [0.5, 0.6) is 0 Å². The van der Waals surface area contributed by atoms with Gasteiger partial charge in [-0.25, -0.2) is 0 Å². The maximum atomic E-state index is 11.3. The lowest BCUT2D eigenvalue weighted by atomic mass is 10.1. The van der Waals surface area contributed by atoms with E-state index in [-0.39, 0.29) is 0 Å². The SMILES string of the molecule is CC(CSCC1CCCC1)(NC1CC1)C(=O)O. The first-order valence-electron chi connectivity index (χ1n) is 6.69. The van der Waals surface area contributed by atoms with Crippen LogP contribution in [0.1, 0.15) is 45.4 Å². The quantitative estimate of drug-likeness (QED) is 0.736. The van der Waals surface area contributed by atoms with E-state index >= 15 is 0 Å². The van der Waals surface area contributed by atoms with E-state index in [4.69, 9.17) is 0 Å². The monoisotopic (exact) mass is 257 g/mol. The molecular weight excluding hydrogens is 234 g/mol. The molecule has 0 radical (unpaired) electrons. The Hall–Kier alpha value is -0.220. The zero-order valence-electron chi connectivity index (χ0n) is 10.6. The fourth-order valence-electron chi connectivity index (χ4n) is 2.45. The molecular formula is C13H23NO2S. The molecule has 1 unspecified atom stereocenters. The van der Waals surface area contributed by atoms with Crippen molar-refractivity contribution in [1.29, 1.82) is 0 Å². The lowest BCUT2D eigenvalue weighted by Crippen LogP contribution is -2.52. The minimum atomic E-state index is -0.732. The average Bonchev–Trinajstić information content (AvgIpc) is 2.93. The molecule has 2 aliphatic rings. The summed E-state index contributed by atoms with van der Waals surface area (Å²) in [7, 11) is 0. The van der Waals surface area contributed by atoms with Gasteiger partial charge in [-0.1, -0.05) is 12.8 Å². The number of hydrogen-bond acceptors (Lipinski definition) is 3. The molecule has 2 aliphatic carbocycles. The van der Waals surface area contributed by atoms with Gasteiger partial charge in [-0.15, -0.1) is 0 Å². The Morgan fingerprint density at radius 3 is 2.53 bits per heavy atom. The third kappa shape index (κ3) is 3.88. The lowest BCUT2D eigenvalue weighted by molar-refractivity contribution is -0.143. The molecule has 0 aromatic rings. The molecule has 1 atom stereocenters. The number of carboxylic acids is 1. The average molecular weight is 257 g/mol. The zero-order valence-corrected chi connectivity index (χ0v) is 11.4. The van der Waals surface area contributed by atoms with Gasteiger partial charge in [-0.05, 0) is 44.3 Å². The first-order valence-corrected chi connectivity index (χ1v) is 7.84. The van der Waals surface area contributed by atoms with Crippen LogP contribution >= 0.6 is 11.8 Å². The molecule has 2 N–H and O–H groups in total. The maximum absolute atomic E-state index is 11.3. The van der Waals surface area contributed by atoms with Gasteiger partial charge in [0.05, 0.1) is 0 Å². The highest BCUT2D eigenvalue weighted by Crippen LogP contribution is 2.30. The summed E-state index contributed by atoms with van der Waals surface area (Å²) >= 11 is 1.81. The van der Waals surface area contributed by atoms with Crippen LogP contribution in [-0.2, 0) is 4.79 Å². The van der Waals surface area contributed by atoms with Gasteiger partial charge in [-0.3, -0.25) is 10.1 Å². The van der Waals surface area contributed by atoms with Gasteiger partial charge < -0.3 is 5.11 Å². The Morgan fingerprint density at radius 1 is 1.35 bits per heavy atom. The molecule has 0 amide bonds. The number of nitrogens with one attached hydrogen (secondary N) is 1. The molecule has 4 heteroatoms. The standard InChI is InChI=1S/C13H23NO2S/c1-13(12(15)16,14-11-6-7-11)9-17-8-10-4-2-3-5-10/h10-11,14H,2-9H2,1H3,(H,15,16). The maximum Gasteiger partial charge on any atom is 0.324 e. The fourth-order valence-corrected chi connectivity index (χ4v) is 3.85. The molecule has 98 valence electrons. The first kappa shape index (κ1) is 13.2. The molecule has 0 spiro atoms. The Bertz CT molecular complexity index is 275. The van der Waals surface area contributed by atoms with Crippen molar-refractivity contribution < 1.29 is 9.90 Å². The molecule has 3 nitrogen and oxygen atoms in total. The van der Waals surface area contributed by atoms with Crippen molar-refractivity contribution in [2.45, 2.75) is 57.0 Å². The van der Waals surface area contributed by atoms with Crippen LogP contribution < -0.4 is 5.32 Å². The van der Waals surface area contributed by atoms with Crippen molar-refractivity contribution >= 4 is 17.7 Å². The van der Waals surface area contributed by atoms with Crippen LogP contribution in [-0.4, -0.2) is 34.2 Å². The molecule has 2 fully saturated rings. The molecule has 0 saturated heterocycles. The van der Waals surface area contributed by atoms with E-state index in [1.807, 2.05) is 18.7 Å². The van der Waals surface area contributed by atoms with Crippen LogP contribution in [0.25, 0.3) is 0 Å². The van der Waals surface area contributed by atoms with Gasteiger partial charge >= 0.3 is 5.97 Å². The topological polar surface area (TPSA) is 49.3 Å². The van der Waals surface area contributed by atoms with Gasteiger partial charge in [0.25, 0.3) is 0 Å². The van der Waals surface area contributed by atoms with Crippen LogP contribution in [0.3, 0.4) is 0 Å². The van der Waals surface area contributed by atoms with Crippen LogP contribution in [0.2, 0.25) is 0 Å². The molecule has 0 aromatic carbocycles. The normalized spacial score (nSPS) is 24.8. The van der Waals surface area contributed by atoms with E-state index in [0.29, 0.717) is 11.8 Å². The largest absolute Gasteiger partial charge is 0.480 e. The van der Waals surface area contributed by atoms with Crippen molar-refractivity contribution in [3.05, 3.63) is 0 Å². The number of aliphatic carboxylic acids is 1. The van der Waals surface area contributed by atoms with Gasteiger partial charge in [0.2, 0.25) is 0 Å². The summed E-state index contributed by atoms with van der Waals surface area (Å²) in [6, 6.07) is 0.447. The Kier molecular flexibility index (Phi) is 4.36. The van der Waals surface area contributed by atoms with E-state index in [1.54, 1.807) is 0 Å². The second-order valence-electron chi connectivity index (χ2n) is 5.72. The fraction of sp³-hybridized carbons (Fsp3) is 0.923. The van der Waals surface area contributed by atoms with Gasteiger partial charge in [0, 0.05) is 11.8 Å². The third-order valence-electron chi connectivity index (χ3n) is 3.79. The van der Waals surface area contributed by atoms with E-state index in [2.05, 4.69) is 5.32 Å². The third-order valence-corrected chi connectivity index (χ3v) is 5.28. The van der Waals surface area contributed by atoms with Gasteiger partial charge in [-0.2, -0.15) is 11.8 Å². The van der Waals surface area contributed by atoms with Crippen molar-refractivity contribution in [3.8, 4) is 0 Å². The summed E-state index contributed by atoms with van der Waals surface area (Å²) in [5, 5.41) is 12.6. The van der Waals surface area contributed by atoms with Crippen molar-refractivity contribution in [2.75, 3.05) is 11.5 Å². The lowest BCUT2D eigenvalue weighted by Gasteiger charge is -2.26. The highest BCUT2D eigenvalue weighted by Gasteiger charge is 2.38. The van der Waals surface area contributed by atoms with Crippen molar-refractivity contribution in [2.24, 2.45) is 5.92 Å². The zero-order chi connectivity index (χ0) is 12.3. The minimum Gasteiger partial charge on any atom is -0.480 e. The number of rotatable bonds is 7.